The summed E-state index contributed by atoms with van der Waals surface area (Å²) in [4.78, 5) is 25.6. The van der Waals surface area contributed by atoms with Crippen molar-refractivity contribution in [1.82, 2.24) is 10.2 Å². The number of amides is 2. The van der Waals surface area contributed by atoms with Gasteiger partial charge in [0.25, 0.3) is 0 Å². The molecule has 1 heterocycles. The van der Waals surface area contributed by atoms with E-state index in [0.717, 1.165) is 42.4 Å². The molecule has 1 aliphatic rings. The van der Waals surface area contributed by atoms with Crippen molar-refractivity contribution in [3.63, 3.8) is 0 Å². The van der Waals surface area contributed by atoms with Crippen LogP contribution in [0.15, 0.2) is 42.5 Å². The summed E-state index contributed by atoms with van der Waals surface area (Å²) >= 11 is 0. The molecule has 0 unspecified atom stereocenters. The smallest absolute Gasteiger partial charge is 0.238 e. The lowest BCUT2D eigenvalue weighted by Crippen LogP contribution is -2.46. The predicted molar refractivity (Wildman–Crippen MR) is 95.9 cm³/mol. The molecule has 126 valence electrons. The Labute approximate surface area is 142 Å². The molecule has 2 aromatic carbocycles. The van der Waals surface area contributed by atoms with Gasteiger partial charge in [-0.15, -0.1) is 0 Å². The summed E-state index contributed by atoms with van der Waals surface area (Å²) < 4.78 is 0. The normalized spacial score (nSPS) is 16.0. The lowest BCUT2D eigenvalue weighted by Gasteiger charge is -2.31. The van der Waals surface area contributed by atoms with Crippen LogP contribution in [0.3, 0.4) is 0 Å². The highest BCUT2D eigenvalue weighted by Crippen LogP contribution is 2.23. The van der Waals surface area contributed by atoms with Gasteiger partial charge in [0.15, 0.2) is 0 Å². The molecular formula is C19H23N3O2. The summed E-state index contributed by atoms with van der Waals surface area (Å²) in [5, 5.41) is 8.15. The van der Waals surface area contributed by atoms with Gasteiger partial charge in [0.2, 0.25) is 11.8 Å². The Kier molecular flexibility index (Phi) is 5.11. The second-order valence-corrected chi connectivity index (χ2v) is 6.33. The molecule has 0 spiro atoms. The first-order valence-corrected chi connectivity index (χ1v) is 8.39. The Morgan fingerprint density at radius 3 is 2.54 bits per heavy atom. The number of carbonyl (C=O) groups is 2. The lowest BCUT2D eigenvalue weighted by molar-refractivity contribution is -0.121. The molecule has 2 N–H and O–H groups in total. The summed E-state index contributed by atoms with van der Waals surface area (Å²) in [5.41, 5.74) is 0.853. The SMILES string of the molecule is CC(=O)NC1CCN(CC(=O)Nc2cccc3ccccc23)CC1. The fourth-order valence-electron chi connectivity index (χ4n) is 3.25. The number of rotatable bonds is 4. The van der Waals surface area contributed by atoms with Crippen LogP contribution in [-0.4, -0.2) is 42.4 Å². The summed E-state index contributed by atoms with van der Waals surface area (Å²) in [6, 6.07) is 14.2. The monoisotopic (exact) mass is 325 g/mol. The maximum Gasteiger partial charge on any atom is 0.238 e. The van der Waals surface area contributed by atoms with Crippen molar-refractivity contribution < 1.29 is 9.59 Å². The maximum atomic E-state index is 12.4. The van der Waals surface area contributed by atoms with Crippen molar-refractivity contribution in [2.45, 2.75) is 25.8 Å². The molecular weight excluding hydrogens is 302 g/mol. The summed E-state index contributed by atoms with van der Waals surface area (Å²) in [6.45, 7) is 3.59. The van der Waals surface area contributed by atoms with Crippen molar-refractivity contribution in [2.24, 2.45) is 0 Å². The second-order valence-electron chi connectivity index (χ2n) is 6.33. The zero-order valence-electron chi connectivity index (χ0n) is 13.9. The molecule has 0 aromatic heterocycles. The number of nitrogens with one attached hydrogen (secondary N) is 2. The van der Waals surface area contributed by atoms with Gasteiger partial charge in [-0.3, -0.25) is 14.5 Å². The summed E-state index contributed by atoms with van der Waals surface area (Å²) in [7, 11) is 0. The zero-order chi connectivity index (χ0) is 16.9. The molecule has 0 aliphatic carbocycles. The van der Waals surface area contributed by atoms with Crippen LogP contribution in [0, 0.1) is 0 Å². The average molecular weight is 325 g/mol. The van der Waals surface area contributed by atoms with Crippen LogP contribution >= 0.6 is 0 Å². The minimum absolute atomic E-state index is 0.00401. The van der Waals surface area contributed by atoms with Gasteiger partial charge in [-0.1, -0.05) is 36.4 Å². The summed E-state index contributed by atoms with van der Waals surface area (Å²) in [6.07, 6.45) is 1.78. The first kappa shape index (κ1) is 16.5. The van der Waals surface area contributed by atoms with Gasteiger partial charge in [0, 0.05) is 37.1 Å². The van der Waals surface area contributed by atoms with Crippen molar-refractivity contribution >= 4 is 28.3 Å². The van der Waals surface area contributed by atoms with Crippen molar-refractivity contribution in [2.75, 3.05) is 25.0 Å². The van der Waals surface area contributed by atoms with Gasteiger partial charge in [-0.2, -0.15) is 0 Å². The fraction of sp³-hybridized carbons (Fsp3) is 0.368. The van der Waals surface area contributed by atoms with Crippen LogP contribution in [0.25, 0.3) is 10.8 Å². The number of benzene rings is 2. The third-order valence-corrected chi connectivity index (χ3v) is 4.43. The van der Waals surface area contributed by atoms with Crippen LogP contribution in [0.5, 0.6) is 0 Å². The number of hydrogen-bond acceptors (Lipinski definition) is 3. The van der Waals surface area contributed by atoms with Gasteiger partial charge in [-0.25, -0.2) is 0 Å². The maximum absolute atomic E-state index is 12.4. The molecule has 1 saturated heterocycles. The number of piperidine rings is 1. The van der Waals surface area contributed by atoms with E-state index in [2.05, 4.69) is 15.5 Å². The van der Waals surface area contributed by atoms with Crippen LogP contribution in [-0.2, 0) is 9.59 Å². The Bertz CT molecular complexity index is 731. The number of nitrogens with zero attached hydrogens (tertiary/aromatic N) is 1. The Morgan fingerprint density at radius 2 is 1.79 bits per heavy atom. The Balaban J connectivity index is 1.55. The van der Waals surface area contributed by atoms with E-state index in [4.69, 9.17) is 0 Å². The van der Waals surface area contributed by atoms with Crippen LogP contribution < -0.4 is 10.6 Å². The van der Waals surface area contributed by atoms with Gasteiger partial charge < -0.3 is 10.6 Å². The average Bonchev–Trinajstić information content (AvgIpc) is 2.56. The van der Waals surface area contributed by atoms with Crippen molar-refractivity contribution in [1.29, 1.82) is 0 Å². The molecule has 5 heteroatoms. The highest BCUT2D eigenvalue weighted by Gasteiger charge is 2.21. The molecule has 0 radical (unpaired) electrons. The zero-order valence-corrected chi connectivity index (χ0v) is 13.9. The fourth-order valence-corrected chi connectivity index (χ4v) is 3.25. The third kappa shape index (κ3) is 4.11. The molecule has 0 saturated carbocycles. The lowest BCUT2D eigenvalue weighted by atomic mass is 10.1. The predicted octanol–water partition coefficient (Wildman–Crippen LogP) is 2.38. The number of likely N-dealkylation sites (tertiary alicyclic amines) is 1. The standard InChI is InChI=1S/C19H23N3O2/c1-14(23)20-16-9-11-22(12-10-16)13-19(24)21-18-8-4-6-15-5-2-3-7-17(15)18/h2-8,16H,9-13H2,1H3,(H,20,23)(H,21,24). The minimum Gasteiger partial charge on any atom is -0.354 e. The Morgan fingerprint density at radius 1 is 1.08 bits per heavy atom. The molecule has 1 fully saturated rings. The van der Waals surface area contributed by atoms with E-state index in [0.29, 0.717) is 6.54 Å². The quantitative estimate of drug-likeness (QED) is 0.907. The molecule has 1 aliphatic heterocycles. The largest absolute Gasteiger partial charge is 0.354 e. The van der Waals surface area contributed by atoms with Gasteiger partial charge in [-0.05, 0) is 24.3 Å². The van der Waals surface area contributed by atoms with E-state index < -0.39 is 0 Å². The molecule has 3 rings (SSSR count). The van der Waals surface area contributed by atoms with E-state index in [1.54, 1.807) is 6.92 Å². The van der Waals surface area contributed by atoms with E-state index in [1.165, 1.54) is 0 Å². The molecule has 2 amide bonds. The molecule has 0 atom stereocenters. The highest BCUT2D eigenvalue weighted by molar-refractivity contribution is 6.02. The van der Waals surface area contributed by atoms with Crippen LogP contribution in [0.1, 0.15) is 19.8 Å². The van der Waals surface area contributed by atoms with Gasteiger partial charge in [0.1, 0.15) is 0 Å². The number of anilines is 1. The molecule has 5 nitrogen and oxygen atoms in total. The number of hydrogen-bond donors (Lipinski definition) is 2. The Hall–Kier alpha value is -2.40. The van der Waals surface area contributed by atoms with E-state index in [-0.39, 0.29) is 17.9 Å². The highest BCUT2D eigenvalue weighted by atomic mass is 16.2. The van der Waals surface area contributed by atoms with Crippen molar-refractivity contribution in [3.05, 3.63) is 42.5 Å². The molecule has 0 bridgehead atoms. The summed E-state index contributed by atoms with van der Waals surface area (Å²) in [5.74, 6) is 0.0199. The number of fused-ring (bicyclic) bond motifs is 1. The second kappa shape index (κ2) is 7.45. The minimum atomic E-state index is 0.00401. The van der Waals surface area contributed by atoms with Crippen LogP contribution in [0.4, 0.5) is 5.69 Å². The molecule has 2 aromatic rings. The first-order valence-electron chi connectivity index (χ1n) is 8.39. The third-order valence-electron chi connectivity index (χ3n) is 4.43. The van der Waals surface area contributed by atoms with E-state index in [1.807, 2.05) is 42.5 Å². The van der Waals surface area contributed by atoms with Crippen molar-refractivity contribution in [3.8, 4) is 0 Å². The molecule has 24 heavy (non-hydrogen) atoms. The number of carbonyl (C=O) groups excluding carboxylic acids is 2. The van der Waals surface area contributed by atoms with E-state index >= 15 is 0 Å². The first-order chi connectivity index (χ1) is 11.6. The van der Waals surface area contributed by atoms with E-state index in [9.17, 15) is 9.59 Å². The topological polar surface area (TPSA) is 61.4 Å². The van der Waals surface area contributed by atoms with Gasteiger partial charge in [0.05, 0.1) is 6.54 Å². The van der Waals surface area contributed by atoms with Crippen LogP contribution in [0.2, 0.25) is 0 Å². The van der Waals surface area contributed by atoms with Gasteiger partial charge >= 0.3 is 0 Å².